The Morgan fingerprint density at radius 2 is 1.69 bits per heavy atom. The predicted molar refractivity (Wildman–Crippen MR) is 137 cm³/mol. The Morgan fingerprint density at radius 1 is 1.00 bits per heavy atom. The van der Waals surface area contributed by atoms with Gasteiger partial charge in [-0.2, -0.15) is 0 Å². The Balaban J connectivity index is 1.35. The second-order valence-corrected chi connectivity index (χ2v) is 9.93. The lowest BCUT2D eigenvalue weighted by Gasteiger charge is -2.40. The fourth-order valence-electron chi connectivity index (χ4n) is 5.00. The van der Waals surface area contributed by atoms with E-state index < -0.39 is 0 Å². The van der Waals surface area contributed by atoms with Gasteiger partial charge in [-0.1, -0.05) is 12.1 Å². The Labute approximate surface area is 213 Å². The van der Waals surface area contributed by atoms with Crippen molar-refractivity contribution in [2.75, 3.05) is 33.9 Å². The van der Waals surface area contributed by atoms with Gasteiger partial charge in [-0.3, -0.25) is 14.4 Å². The molecule has 36 heavy (non-hydrogen) atoms. The van der Waals surface area contributed by atoms with Crippen LogP contribution in [-0.2, 0) is 16.0 Å². The minimum absolute atomic E-state index is 0.00493. The molecule has 2 amide bonds. The lowest BCUT2D eigenvalue weighted by molar-refractivity contribution is -0.138. The number of likely N-dealkylation sites (N-methyl/N-ethyl adjacent to an activating group) is 1. The number of methoxy groups -OCH3 is 1. The number of amides is 2. The van der Waals surface area contributed by atoms with E-state index in [9.17, 15) is 14.4 Å². The second kappa shape index (κ2) is 11.6. The molecular weight excluding hydrogens is 456 g/mol. The van der Waals surface area contributed by atoms with Crippen molar-refractivity contribution < 1.29 is 23.9 Å². The molecule has 2 aromatic carbocycles. The highest BCUT2D eigenvalue weighted by molar-refractivity contribution is 5.94. The molecule has 1 aliphatic carbocycles. The number of piperidine rings is 1. The van der Waals surface area contributed by atoms with E-state index in [2.05, 4.69) is 6.07 Å². The molecule has 0 radical (unpaired) electrons. The number of carbonyl (C=O) groups excluding carboxylic acids is 3. The molecule has 1 saturated heterocycles. The summed E-state index contributed by atoms with van der Waals surface area (Å²) >= 11 is 0. The van der Waals surface area contributed by atoms with E-state index in [0.717, 1.165) is 43.4 Å². The Bertz CT molecular complexity index is 1070. The first-order chi connectivity index (χ1) is 17.4. The Kier molecular flexibility index (Phi) is 8.28. The van der Waals surface area contributed by atoms with E-state index >= 15 is 0 Å². The molecule has 1 saturated carbocycles. The van der Waals surface area contributed by atoms with Crippen molar-refractivity contribution in [2.45, 2.75) is 45.1 Å². The van der Waals surface area contributed by atoms with Crippen molar-refractivity contribution in [3.63, 3.8) is 0 Å². The van der Waals surface area contributed by atoms with Crippen molar-refractivity contribution in [2.24, 2.45) is 11.8 Å². The van der Waals surface area contributed by atoms with Crippen LogP contribution in [0.15, 0.2) is 48.5 Å². The predicted octanol–water partition coefficient (Wildman–Crippen LogP) is 3.99. The summed E-state index contributed by atoms with van der Waals surface area (Å²) in [5.41, 5.74) is 1.77. The average Bonchev–Trinajstić information content (AvgIpc) is 3.76. The van der Waals surface area contributed by atoms with E-state index in [1.807, 2.05) is 35.0 Å². The lowest BCUT2D eigenvalue weighted by atomic mass is 9.84. The zero-order chi connectivity index (χ0) is 25.7. The third kappa shape index (κ3) is 6.45. The van der Waals surface area contributed by atoms with Crippen LogP contribution in [0.4, 0.5) is 0 Å². The van der Waals surface area contributed by atoms with Crippen LogP contribution in [0.3, 0.4) is 0 Å². The van der Waals surface area contributed by atoms with Crippen molar-refractivity contribution in [1.82, 2.24) is 9.80 Å². The first-order valence-electron chi connectivity index (χ1n) is 12.8. The van der Waals surface area contributed by atoms with E-state index in [-0.39, 0.29) is 36.2 Å². The molecule has 2 aliphatic rings. The standard InChI is InChI=1S/C29H36N2O5/c1-20(32)22-9-11-25(12-10-22)36-19-28(33)31-15-13-23(14-16-31)27(30(2)29(34)24-7-8-24)18-21-5-4-6-26(17-21)35-3/h4-6,9-12,17,23-24,27H,7-8,13-16,18-19H2,1-3H3. The molecule has 0 aromatic heterocycles. The summed E-state index contributed by atoms with van der Waals surface area (Å²) in [5, 5.41) is 0. The first-order valence-corrected chi connectivity index (χ1v) is 12.8. The summed E-state index contributed by atoms with van der Waals surface area (Å²) in [6, 6.07) is 15.0. The van der Waals surface area contributed by atoms with Crippen molar-refractivity contribution >= 4 is 17.6 Å². The van der Waals surface area contributed by atoms with Crippen molar-refractivity contribution in [3.8, 4) is 11.5 Å². The van der Waals surface area contributed by atoms with E-state index in [0.29, 0.717) is 30.3 Å². The molecule has 1 atom stereocenters. The summed E-state index contributed by atoms with van der Waals surface area (Å²) in [6.45, 7) is 2.79. The van der Waals surface area contributed by atoms with Crippen molar-refractivity contribution in [3.05, 3.63) is 59.7 Å². The normalized spacial score (nSPS) is 16.8. The van der Waals surface area contributed by atoms with Crippen LogP contribution in [0.25, 0.3) is 0 Å². The van der Waals surface area contributed by atoms with Crippen LogP contribution in [0.1, 0.15) is 48.5 Å². The summed E-state index contributed by atoms with van der Waals surface area (Å²) in [4.78, 5) is 41.0. The van der Waals surface area contributed by atoms with Gasteiger partial charge in [0.15, 0.2) is 12.4 Å². The fraction of sp³-hybridized carbons (Fsp3) is 0.483. The van der Waals surface area contributed by atoms with Gasteiger partial charge < -0.3 is 19.3 Å². The number of rotatable bonds is 10. The minimum atomic E-state index is -0.0455. The average molecular weight is 493 g/mol. The zero-order valence-corrected chi connectivity index (χ0v) is 21.4. The molecule has 0 N–H and O–H groups in total. The molecule has 192 valence electrons. The topological polar surface area (TPSA) is 76.2 Å². The minimum Gasteiger partial charge on any atom is -0.497 e. The van der Waals surface area contributed by atoms with E-state index in [1.165, 1.54) is 6.92 Å². The summed E-state index contributed by atoms with van der Waals surface area (Å²) in [5.74, 6) is 2.07. The maximum absolute atomic E-state index is 13.0. The number of likely N-dealkylation sites (tertiary alicyclic amines) is 1. The van der Waals surface area contributed by atoms with Gasteiger partial charge >= 0.3 is 0 Å². The number of Topliss-reactive ketones (excluding diaryl/α,β-unsaturated/α-hetero) is 1. The van der Waals surface area contributed by atoms with Gasteiger partial charge in [0.25, 0.3) is 5.91 Å². The van der Waals surface area contributed by atoms with Gasteiger partial charge in [0.2, 0.25) is 5.91 Å². The van der Waals surface area contributed by atoms with Crippen LogP contribution < -0.4 is 9.47 Å². The summed E-state index contributed by atoms with van der Waals surface area (Å²) in [7, 11) is 3.60. The Hall–Kier alpha value is -3.35. The molecular formula is C29H36N2O5. The maximum Gasteiger partial charge on any atom is 0.260 e. The molecule has 0 spiro atoms. The number of nitrogens with zero attached hydrogens (tertiary/aromatic N) is 2. The molecule has 7 nitrogen and oxygen atoms in total. The highest BCUT2D eigenvalue weighted by atomic mass is 16.5. The quantitative estimate of drug-likeness (QED) is 0.469. The highest BCUT2D eigenvalue weighted by Crippen LogP contribution is 2.34. The number of carbonyl (C=O) groups is 3. The van der Waals surface area contributed by atoms with Gasteiger partial charge in [0.1, 0.15) is 11.5 Å². The van der Waals surface area contributed by atoms with Crippen LogP contribution in [0.2, 0.25) is 0 Å². The monoisotopic (exact) mass is 492 g/mol. The molecule has 1 aliphatic heterocycles. The summed E-state index contributed by atoms with van der Waals surface area (Å²) < 4.78 is 11.1. The highest BCUT2D eigenvalue weighted by Gasteiger charge is 2.38. The number of benzene rings is 2. The Morgan fingerprint density at radius 3 is 2.31 bits per heavy atom. The molecule has 4 rings (SSSR count). The molecule has 2 fully saturated rings. The molecule has 1 heterocycles. The number of ether oxygens (including phenoxy) is 2. The van der Waals surface area contributed by atoms with E-state index in [1.54, 1.807) is 31.4 Å². The molecule has 0 bridgehead atoms. The SMILES string of the molecule is COc1cccc(CC(C2CCN(C(=O)COc3ccc(C(C)=O)cc3)CC2)N(C)C(=O)C2CC2)c1. The van der Waals surface area contributed by atoms with Gasteiger partial charge in [-0.05, 0) is 86.9 Å². The van der Waals surface area contributed by atoms with Gasteiger partial charge in [0, 0.05) is 37.7 Å². The molecule has 7 heteroatoms. The smallest absolute Gasteiger partial charge is 0.260 e. The third-order valence-corrected chi connectivity index (χ3v) is 7.41. The number of hydrogen-bond acceptors (Lipinski definition) is 5. The van der Waals surface area contributed by atoms with Crippen LogP contribution in [0, 0.1) is 11.8 Å². The molecule has 2 aromatic rings. The second-order valence-electron chi connectivity index (χ2n) is 9.93. The van der Waals surface area contributed by atoms with Gasteiger partial charge in [0.05, 0.1) is 7.11 Å². The van der Waals surface area contributed by atoms with Crippen molar-refractivity contribution in [1.29, 1.82) is 0 Å². The third-order valence-electron chi connectivity index (χ3n) is 7.41. The largest absolute Gasteiger partial charge is 0.497 e. The van der Waals surface area contributed by atoms with Crippen LogP contribution in [0.5, 0.6) is 11.5 Å². The van der Waals surface area contributed by atoms with Crippen LogP contribution in [-0.4, -0.2) is 67.3 Å². The molecule has 1 unspecified atom stereocenters. The maximum atomic E-state index is 13.0. The van der Waals surface area contributed by atoms with Crippen LogP contribution >= 0.6 is 0 Å². The van der Waals surface area contributed by atoms with Gasteiger partial charge in [-0.15, -0.1) is 0 Å². The van der Waals surface area contributed by atoms with E-state index in [4.69, 9.17) is 9.47 Å². The first kappa shape index (κ1) is 25.7. The summed E-state index contributed by atoms with van der Waals surface area (Å²) in [6.07, 6.45) is 4.43. The number of ketones is 1. The van der Waals surface area contributed by atoms with Gasteiger partial charge in [-0.25, -0.2) is 0 Å². The fourth-order valence-corrected chi connectivity index (χ4v) is 5.00. The lowest BCUT2D eigenvalue weighted by Crippen LogP contribution is -2.49. The zero-order valence-electron chi connectivity index (χ0n) is 21.4. The number of hydrogen-bond donors (Lipinski definition) is 0.